The van der Waals surface area contributed by atoms with Crippen LogP contribution in [0.15, 0.2) is 54.6 Å². The molecule has 186 valence electrons. The minimum absolute atomic E-state index is 0.112. The molecule has 1 amide bonds. The van der Waals surface area contributed by atoms with Gasteiger partial charge < -0.3 is 20.5 Å². The van der Waals surface area contributed by atoms with Crippen molar-refractivity contribution >= 4 is 44.9 Å². The van der Waals surface area contributed by atoms with Crippen LogP contribution in [0.1, 0.15) is 45.2 Å². The zero-order chi connectivity index (χ0) is 25.7. The van der Waals surface area contributed by atoms with Crippen LogP contribution in [0, 0.1) is 6.92 Å². The predicted molar refractivity (Wildman–Crippen MR) is 142 cm³/mol. The Bertz CT molecular complexity index is 1370. The van der Waals surface area contributed by atoms with E-state index in [0.717, 1.165) is 33.5 Å². The van der Waals surface area contributed by atoms with Crippen molar-refractivity contribution in [2.24, 2.45) is 0 Å². The van der Waals surface area contributed by atoms with Crippen LogP contribution < -0.4 is 10.6 Å². The Balaban J connectivity index is 1.59. The fourth-order valence-electron chi connectivity index (χ4n) is 4.04. The summed E-state index contributed by atoms with van der Waals surface area (Å²) in [7, 11) is 1.66. The normalized spacial score (nSPS) is 11.9. The molecule has 0 aliphatic carbocycles. The summed E-state index contributed by atoms with van der Waals surface area (Å²) >= 11 is 1.16. The van der Waals surface area contributed by atoms with Gasteiger partial charge in [0.2, 0.25) is 5.91 Å². The first-order chi connectivity index (χ1) is 17.4. The maximum absolute atomic E-state index is 11.8. The van der Waals surface area contributed by atoms with Gasteiger partial charge in [0.05, 0.1) is 11.5 Å². The van der Waals surface area contributed by atoms with Crippen molar-refractivity contribution in [1.29, 1.82) is 0 Å². The number of aryl methyl sites for hydroxylation is 3. The van der Waals surface area contributed by atoms with Crippen LogP contribution in [0.25, 0.3) is 10.2 Å². The summed E-state index contributed by atoms with van der Waals surface area (Å²) in [5.74, 6) is 0.152. The van der Waals surface area contributed by atoms with Crippen LogP contribution in [-0.4, -0.2) is 40.6 Å². The highest BCUT2D eigenvalue weighted by molar-refractivity contribution is 7.20. The molecule has 4 aromatic rings. The fourth-order valence-corrected chi connectivity index (χ4v) is 5.07. The molecule has 1 atom stereocenters. The Morgan fingerprint density at radius 1 is 1.06 bits per heavy atom. The average molecular weight is 505 g/mol. The summed E-state index contributed by atoms with van der Waals surface area (Å²) in [5, 5.41) is 16.5. The Kier molecular flexibility index (Phi) is 7.92. The van der Waals surface area contributed by atoms with Gasteiger partial charge in [-0.1, -0.05) is 42.5 Å². The van der Waals surface area contributed by atoms with Gasteiger partial charge in [0.15, 0.2) is 0 Å². The lowest BCUT2D eigenvalue weighted by molar-refractivity contribution is -0.114. The highest BCUT2D eigenvalue weighted by Crippen LogP contribution is 2.34. The van der Waals surface area contributed by atoms with Crippen LogP contribution in [0.2, 0.25) is 0 Å². The number of methoxy groups -OCH3 is 1. The SMILES string of the molecule is CO[C@H](CNc1nc(CCc2ccc(NC(C)=O)cc2)nc2sc(C(=O)O)c(C)c12)c1ccccc1. The number of nitrogens with one attached hydrogen (secondary N) is 2. The molecule has 0 aliphatic rings. The van der Waals surface area contributed by atoms with Crippen molar-refractivity contribution < 1.29 is 19.4 Å². The number of carbonyl (C=O) groups excluding carboxylic acids is 1. The predicted octanol–water partition coefficient (Wildman–Crippen LogP) is 5.24. The molecule has 0 fully saturated rings. The lowest BCUT2D eigenvalue weighted by Crippen LogP contribution is -2.16. The number of hydrogen-bond donors (Lipinski definition) is 3. The van der Waals surface area contributed by atoms with E-state index in [0.29, 0.717) is 41.4 Å². The number of benzene rings is 2. The van der Waals surface area contributed by atoms with Crippen molar-refractivity contribution in [3.8, 4) is 0 Å². The van der Waals surface area contributed by atoms with Crippen LogP contribution >= 0.6 is 11.3 Å². The summed E-state index contributed by atoms with van der Waals surface area (Å²) in [4.78, 5) is 33.4. The number of thiophene rings is 1. The number of rotatable bonds is 10. The van der Waals surface area contributed by atoms with E-state index in [2.05, 4.69) is 10.6 Å². The number of carbonyl (C=O) groups is 2. The second-order valence-electron chi connectivity index (χ2n) is 8.42. The van der Waals surface area contributed by atoms with Gasteiger partial charge >= 0.3 is 5.97 Å². The van der Waals surface area contributed by atoms with Gasteiger partial charge in [-0.05, 0) is 42.2 Å². The molecule has 0 bridgehead atoms. The number of carboxylic acids is 1. The van der Waals surface area contributed by atoms with Crippen molar-refractivity contribution in [2.75, 3.05) is 24.3 Å². The van der Waals surface area contributed by atoms with E-state index in [1.165, 1.54) is 6.92 Å². The maximum atomic E-state index is 11.8. The molecule has 0 aliphatic heterocycles. The molecule has 8 nitrogen and oxygen atoms in total. The first-order valence-corrected chi connectivity index (χ1v) is 12.4. The zero-order valence-corrected chi connectivity index (χ0v) is 21.2. The average Bonchev–Trinajstić information content (AvgIpc) is 3.21. The van der Waals surface area contributed by atoms with Gasteiger partial charge in [-0.2, -0.15) is 0 Å². The minimum Gasteiger partial charge on any atom is -0.477 e. The fraction of sp³-hybridized carbons (Fsp3) is 0.259. The number of nitrogens with zero attached hydrogens (tertiary/aromatic N) is 2. The van der Waals surface area contributed by atoms with Gasteiger partial charge in [-0.15, -0.1) is 11.3 Å². The third-order valence-corrected chi connectivity index (χ3v) is 7.03. The summed E-state index contributed by atoms with van der Waals surface area (Å²) in [5.41, 5.74) is 3.52. The number of aromatic nitrogens is 2. The molecule has 0 saturated heterocycles. The molecule has 0 radical (unpaired) electrons. The second kappa shape index (κ2) is 11.3. The van der Waals surface area contributed by atoms with E-state index in [4.69, 9.17) is 14.7 Å². The molecule has 9 heteroatoms. The lowest BCUT2D eigenvalue weighted by Gasteiger charge is -2.18. The van der Waals surface area contributed by atoms with Crippen molar-refractivity contribution in [1.82, 2.24) is 9.97 Å². The van der Waals surface area contributed by atoms with Crippen molar-refractivity contribution in [2.45, 2.75) is 32.8 Å². The van der Waals surface area contributed by atoms with Crippen LogP contribution in [0.3, 0.4) is 0 Å². The number of fused-ring (bicyclic) bond motifs is 1. The zero-order valence-electron chi connectivity index (χ0n) is 20.4. The molecule has 3 N–H and O–H groups in total. The van der Waals surface area contributed by atoms with E-state index in [-0.39, 0.29) is 16.9 Å². The largest absolute Gasteiger partial charge is 0.477 e. The summed E-state index contributed by atoms with van der Waals surface area (Å²) in [6.07, 6.45) is 1.09. The van der Waals surface area contributed by atoms with E-state index in [1.54, 1.807) is 14.0 Å². The summed E-state index contributed by atoms with van der Waals surface area (Å²) in [6, 6.07) is 17.6. The molecule has 2 aromatic heterocycles. The van der Waals surface area contributed by atoms with E-state index < -0.39 is 5.97 Å². The molecule has 2 heterocycles. The highest BCUT2D eigenvalue weighted by Gasteiger charge is 2.21. The Labute approximate surface area is 213 Å². The van der Waals surface area contributed by atoms with Gasteiger partial charge in [-0.25, -0.2) is 14.8 Å². The first kappa shape index (κ1) is 25.3. The molecular formula is C27H28N4O4S. The molecule has 2 aromatic carbocycles. The van der Waals surface area contributed by atoms with Gasteiger partial charge in [0.25, 0.3) is 0 Å². The van der Waals surface area contributed by atoms with Crippen molar-refractivity contribution in [3.05, 3.63) is 82.0 Å². The third kappa shape index (κ3) is 5.87. The molecule has 0 unspecified atom stereocenters. The van der Waals surface area contributed by atoms with Crippen molar-refractivity contribution in [3.63, 3.8) is 0 Å². The summed E-state index contributed by atoms with van der Waals surface area (Å²) in [6.45, 7) is 3.73. The van der Waals surface area contributed by atoms with Gasteiger partial charge in [0.1, 0.15) is 21.3 Å². The smallest absolute Gasteiger partial charge is 0.346 e. The van der Waals surface area contributed by atoms with Gasteiger partial charge in [0, 0.05) is 32.7 Å². The standard InChI is InChI=1S/C27H28N4O4S/c1-16-23-25(28-15-21(35-3)19-7-5-4-6-8-19)30-22(31-26(23)36-24(16)27(33)34)14-11-18-9-12-20(13-10-18)29-17(2)32/h4-10,12-13,21H,11,14-15H2,1-3H3,(H,29,32)(H,33,34)(H,28,30,31)/t21-/m1/s1. The third-order valence-electron chi connectivity index (χ3n) is 5.85. The summed E-state index contributed by atoms with van der Waals surface area (Å²) < 4.78 is 5.69. The number of ether oxygens (including phenoxy) is 1. The van der Waals surface area contributed by atoms with Crippen LogP contribution in [0.4, 0.5) is 11.5 Å². The Morgan fingerprint density at radius 3 is 2.42 bits per heavy atom. The van der Waals surface area contributed by atoms with Crippen LogP contribution in [-0.2, 0) is 22.4 Å². The minimum atomic E-state index is -0.971. The highest BCUT2D eigenvalue weighted by atomic mass is 32.1. The first-order valence-electron chi connectivity index (χ1n) is 11.6. The number of aromatic carboxylic acids is 1. The molecule has 0 spiro atoms. The number of anilines is 2. The monoisotopic (exact) mass is 504 g/mol. The number of carboxylic acid groups (broad SMARTS) is 1. The van der Waals surface area contributed by atoms with Crippen LogP contribution in [0.5, 0.6) is 0 Å². The lowest BCUT2D eigenvalue weighted by atomic mass is 10.1. The number of hydrogen-bond acceptors (Lipinski definition) is 7. The molecular weight excluding hydrogens is 476 g/mol. The molecule has 36 heavy (non-hydrogen) atoms. The Morgan fingerprint density at radius 2 is 1.78 bits per heavy atom. The maximum Gasteiger partial charge on any atom is 0.346 e. The molecule has 0 saturated carbocycles. The van der Waals surface area contributed by atoms with Gasteiger partial charge in [-0.3, -0.25) is 4.79 Å². The van der Waals surface area contributed by atoms with E-state index in [9.17, 15) is 14.7 Å². The quantitative estimate of drug-likeness (QED) is 0.271. The van der Waals surface area contributed by atoms with E-state index in [1.807, 2.05) is 54.6 Å². The number of amides is 1. The topological polar surface area (TPSA) is 113 Å². The second-order valence-corrected chi connectivity index (χ2v) is 9.42. The Hall–Kier alpha value is -3.82. The van der Waals surface area contributed by atoms with E-state index >= 15 is 0 Å². The molecule has 4 rings (SSSR count).